The van der Waals surface area contributed by atoms with E-state index in [1.165, 1.54) is 216 Å². The molecule has 0 aromatic carbocycles. The number of aliphatic hydroxyl groups excluding tert-OH is 1. The Morgan fingerprint density at radius 2 is 0.760 bits per heavy atom. The molecule has 3 N–H and O–H groups in total. The van der Waals surface area contributed by atoms with E-state index in [1.54, 1.807) is 0 Å². The lowest BCUT2D eigenvalue weighted by atomic mass is 10.0. The molecule has 6 heteroatoms. The standard InChI is InChI=1S/C44H85NO4S/c1-2-3-4-5-6-7-8-9-10-11-12-13-14-15-16-17-18-19-20-21-22-23-24-25-26-27-28-29-30-31-32-33-34-35-38-45-43(47)41-42(44(45)48)50(49)40-37-36-39-46/h41,46-48H,2-40H2,1H3. The summed E-state index contributed by atoms with van der Waals surface area (Å²) in [5.74, 6) is 0.298. The summed E-state index contributed by atoms with van der Waals surface area (Å²) in [6.45, 7) is 2.93. The van der Waals surface area contributed by atoms with Gasteiger partial charge in [0.1, 0.15) is 4.90 Å². The zero-order valence-corrected chi connectivity index (χ0v) is 34.1. The molecule has 1 rings (SSSR count). The van der Waals surface area contributed by atoms with Gasteiger partial charge in [-0.3, -0.25) is 8.78 Å². The van der Waals surface area contributed by atoms with Gasteiger partial charge in [0.25, 0.3) is 0 Å². The van der Waals surface area contributed by atoms with Crippen molar-refractivity contribution in [3.8, 4) is 11.8 Å². The number of unbranched alkanes of at least 4 members (excludes halogenated alkanes) is 34. The van der Waals surface area contributed by atoms with Gasteiger partial charge in [-0.05, 0) is 19.3 Å². The normalized spacial score (nSPS) is 12.3. The van der Waals surface area contributed by atoms with Crippen molar-refractivity contribution in [2.45, 2.75) is 250 Å². The van der Waals surface area contributed by atoms with Gasteiger partial charge in [-0.1, -0.05) is 219 Å². The van der Waals surface area contributed by atoms with Crippen molar-refractivity contribution in [3.05, 3.63) is 6.07 Å². The number of aromatic nitrogens is 1. The van der Waals surface area contributed by atoms with Crippen LogP contribution in [0.4, 0.5) is 0 Å². The molecule has 1 aromatic rings. The van der Waals surface area contributed by atoms with Gasteiger partial charge in [-0.15, -0.1) is 0 Å². The molecule has 0 saturated heterocycles. The summed E-state index contributed by atoms with van der Waals surface area (Å²) in [6, 6.07) is 1.42. The minimum absolute atomic E-state index is 0.0148. The Balaban J connectivity index is 1.74. The quantitative estimate of drug-likeness (QED) is 0.0589. The molecule has 1 atom stereocenters. The molecule has 0 fully saturated rings. The fourth-order valence-corrected chi connectivity index (χ4v) is 8.58. The Bertz CT molecular complexity index is 872. The highest BCUT2D eigenvalue weighted by atomic mass is 32.2. The first-order valence-electron chi connectivity index (χ1n) is 22.2. The molecule has 1 aromatic heterocycles. The zero-order chi connectivity index (χ0) is 36.2. The molecule has 0 aliphatic heterocycles. The van der Waals surface area contributed by atoms with Crippen LogP contribution in [-0.2, 0) is 17.3 Å². The topological polar surface area (TPSA) is 82.7 Å². The smallest absolute Gasteiger partial charge is 0.210 e. The molecule has 50 heavy (non-hydrogen) atoms. The number of aliphatic hydroxyl groups is 1. The molecule has 1 unspecified atom stereocenters. The Morgan fingerprint density at radius 1 is 0.460 bits per heavy atom. The highest BCUT2D eigenvalue weighted by Gasteiger charge is 2.18. The molecule has 296 valence electrons. The Kier molecular flexibility index (Phi) is 34.2. The van der Waals surface area contributed by atoms with Crippen molar-refractivity contribution in [2.75, 3.05) is 12.4 Å². The largest absolute Gasteiger partial charge is 0.494 e. The van der Waals surface area contributed by atoms with Crippen LogP contribution in [0.5, 0.6) is 11.8 Å². The number of nitrogens with zero attached hydrogens (tertiary/aromatic N) is 1. The monoisotopic (exact) mass is 724 g/mol. The van der Waals surface area contributed by atoms with Gasteiger partial charge in [0.2, 0.25) is 5.88 Å². The third-order valence-corrected chi connectivity index (χ3v) is 12.2. The van der Waals surface area contributed by atoms with Crippen molar-refractivity contribution < 1.29 is 19.5 Å². The summed E-state index contributed by atoms with van der Waals surface area (Å²) in [5, 5.41) is 29.5. The molecule has 0 radical (unpaired) electrons. The van der Waals surface area contributed by atoms with E-state index in [0.717, 1.165) is 12.8 Å². The molecule has 0 spiro atoms. The van der Waals surface area contributed by atoms with Gasteiger partial charge in [-0.2, -0.15) is 0 Å². The van der Waals surface area contributed by atoms with Gasteiger partial charge in [-0.25, -0.2) is 0 Å². The van der Waals surface area contributed by atoms with Crippen LogP contribution < -0.4 is 0 Å². The Hall–Kier alpha value is -1.01. The van der Waals surface area contributed by atoms with Crippen molar-refractivity contribution >= 4 is 10.8 Å². The van der Waals surface area contributed by atoms with Crippen molar-refractivity contribution in [2.24, 2.45) is 0 Å². The van der Waals surface area contributed by atoms with E-state index in [0.29, 0.717) is 30.0 Å². The highest BCUT2D eigenvalue weighted by molar-refractivity contribution is 7.85. The minimum Gasteiger partial charge on any atom is -0.494 e. The average molecular weight is 724 g/mol. The second-order valence-electron chi connectivity index (χ2n) is 15.5. The highest BCUT2D eigenvalue weighted by Crippen LogP contribution is 2.31. The van der Waals surface area contributed by atoms with E-state index < -0.39 is 10.8 Å². The van der Waals surface area contributed by atoms with Crippen LogP contribution in [0.2, 0.25) is 0 Å². The van der Waals surface area contributed by atoms with Crippen LogP contribution in [-0.4, -0.2) is 36.5 Å². The van der Waals surface area contributed by atoms with Crippen molar-refractivity contribution in [1.82, 2.24) is 4.57 Å². The van der Waals surface area contributed by atoms with E-state index in [4.69, 9.17) is 5.11 Å². The maximum absolute atomic E-state index is 12.4. The lowest BCUT2D eigenvalue weighted by Gasteiger charge is -2.07. The molecule has 0 bridgehead atoms. The van der Waals surface area contributed by atoms with Crippen LogP contribution >= 0.6 is 0 Å². The summed E-state index contributed by atoms with van der Waals surface area (Å²) in [4.78, 5) is 0.307. The van der Waals surface area contributed by atoms with E-state index in [1.807, 2.05) is 0 Å². The molecule has 0 aliphatic carbocycles. The van der Waals surface area contributed by atoms with E-state index >= 15 is 0 Å². The minimum atomic E-state index is -1.35. The third kappa shape index (κ3) is 27.6. The van der Waals surface area contributed by atoms with Crippen LogP contribution in [0.3, 0.4) is 0 Å². The first-order valence-corrected chi connectivity index (χ1v) is 23.5. The molecular formula is C44H85NO4S. The summed E-state index contributed by atoms with van der Waals surface area (Å²) < 4.78 is 13.9. The summed E-state index contributed by atoms with van der Waals surface area (Å²) in [6.07, 6.45) is 48.8. The van der Waals surface area contributed by atoms with Crippen LogP contribution in [0.25, 0.3) is 0 Å². The van der Waals surface area contributed by atoms with E-state index in [2.05, 4.69) is 6.92 Å². The van der Waals surface area contributed by atoms with E-state index in [-0.39, 0.29) is 18.4 Å². The Morgan fingerprint density at radius 3 is 1.06 bits per heavy atom. The van der Waals surface area contributed by atoms with Crippen molar-refractivity contribution in [1.29, 1.82) is 0 Å². The van der Waals surface area contributed by atoms with Crippen LogP contribution in [0, 0.1) is 0 Å². The summed E-state index contributed by atoms with van der Waals surface area (Å²) in [7, 11) is -1.35. The maximum atomic E-state index is 12.4. The molecule has 0 aliphatic rings. The molecule has 0 amide bonds. The number of rotatable bonds is 40. The molecule has 5 nitrogen and oxygen atoms in total. The second kappa shape index (κ2) is 36.4. The molecule has 1 heterocycles. The van der Waals surface area contributed by atoms with Gasteiger partial charge >= 0.3 is 0 Å². The van der Waals surface area contributed by atoms with Crippen LogP contribution in [0.1, 0.15) is 238 Å². The predicted molar refractivity (Wildman–Crippen MR) is 218 cm³/mol. The number of hydrogen-bond donors (Lipinski definition) is 3. The number of aromatic hydroxyl groups is 2. The van der Waals surface area contributed by atoms with E-state index in [9.17, 15) is 14.4 Å². The third-order valence-electron chi connectivity index (χ3n) is 10.7. The number of hydrogen-bond acceptors (Lipinski definition) is 4. The first-order chi connectivity index (χ1) is 24.6. The Labute approximate surface area is 313 Å². The van der Waals surface area contributed by atoms with Gasteiger partial charge in [0.05, 0.1) is 10.8 Å². The molecular weight excluding hydrogens is 639 g/mol. The summed E-state index contributed by atoms with van der Waals surface area (Å²) >= 11 is 0. The zero-order valence-electron chi connectivity index (χ0n) is 33.3. The molecule has 0 saturated carbocycles. The van der Waals surface area contributed by atoms with Crippen molar-refractivity contribution in [3.63, 3.8) is 0 Å². The lowest BCUT2D eigenvalue weighted by molar-refractivity contribution is 0.287. The van der Waals surface area contributed by atoms with Gasteiger partial charge < -0.3 is 15.3 Å². The predicted octanol–water partition coefficient (Wildman–Crippen LogP) is 14.1. The second-order valence-corrected chi connectivity index (χ2v) is 17.0. The maximum Gasteiger partial charge on any atom is 0.210 e. The first kappa shape index (κ1) is 47.0. The fraction of sp³-hybridized carbons (Fsp3) is 0.909. The van der Waals surface area contributed by atoms with Gasteiger partial charge in [0.15, 0.2) is 5.88 Å². The van der Waals surface area contributed by atoms with Crippen LogP contribution in [0.15, 0.2) is 11.0 Å². The SMILES string of the molecule is CCCCCCCCCCCCCCCCCCCCCCCCCCCCCCCCCCCCn1c(O)cc(S(=O)CCCCO)c1O. The fourth-order valence-electron chi connectivity index (χ4n) is 7.34. The lowest BCUT2D eigenvalue weighted by Crippen LogP contribution is -2.01. The van der Waals surface area contributed by atoms with Gasteiger partial charge in [0, 0.05) is 25.0 Å². The average Bonchev–Trinajstić information content (AvgIpc) is 3.40. The summed E-state index contributed by atoms with van der Waals surface area (Å²) in [5.41, 5.74) is 0.